The summed E-state index contributed by atoms with van der Waals surface area (Å²) in [5.74, 6) is 2.62. The van der Waals surface area contributed by atoms with E-state index in [0.717, 1.165) is 17.6 Å². The van der Waals surface area contributed by atoms with Gasteiger partial charge in [0.1, 0.15) is 16.3 Å². The molecule has 1 aliphatic carbocycles. The summed E-state index contributed by atoms with van der Waals surface area (Å²) in [5, 5.41) is 3.55. The first kappa shape index (κ1) is 11.6. The van der Waals surface area contributed by atoms with E-state index in [4.69, 9.17) is 12.2 Å². The molecule has 2 unspecified atom stereocenters. The van der Waals surface area contributed by atoms with Gasteiger partial charge in [-0.3, -0.25) is 0 Å². The third-order valence-corrected chi connectivity index (χ3v) is 3.52. The molecule has 2 N–H and O–H groups in total. The maximum atomic E-state index is 5.11. The van der Waals surface area contributed by atoms with E-state index in [1.165, 1.54) is 25.7 Å². The molecule has 88 valence electrons. The average Bonchev–Trinajstić information content (AvgIpc) is 2.20. The molecule has 1 aliphatic rings. The number of nitrogens with one attached hydrogen (secondary N) is 2. The topological polar surface area (TPSA) is 40.7 Å². The zero-order valence-corrected chi connectivity index (χ0v) is 10.7. The molecule has 0 spiro atoms. The first-order valence-corrected chi connectivity index (χ1v) is 6.40. The first-order valence-electron chi connectivity index (χ1n) is 5.99. The number of aromatic nitrogens is 2. The third kappa shape index (κ3) is 2.82. The Kier molecular flexibility index (Phi) is 3.59. The maximum Gasteiger partial charge on any atom is 0.131 e. The van der Waals surface area contributed by atoms with Crippen molar-refractivity contribution in [3.05, 3.63) is 16.5 Å². The fourth-order valence-electron chi connectivity index (χ4n) is 2.39. The fourth-order valence-corrected chi connectivity index (χ4v) is 2.64. The standard InChI is InChI=1S/C12H19N3S/c1-8-5-3-4-6-10(8)15-11-7-12(16)14-9(2)13-11/h7-8,10H,3-6H2,1-2H3,(H2,13,14,15,16). The Bertz CT molecular complexity index is 413. The molecule has 0 saturated heterocycles. The summed E-state index contributed by atoms with van der Waals surface area (Å²) in [6.07, 6.45) is 5.27. The SMILES string of the molecule is Cc1nc(=S)cc(NC2CCCCC2C)[nH]1. The van der Waals surface area contributed by atoms with E-state index in [2.05, 4.69) is 22.2 Å². The lowest BCUT2D eigenvalue weighted by atomic mass is 9.86. The number of aromatic amines is 1. The number of H-pyrrole nitrogens is 1. The van der Waals surface area contributed by atoms with Crippen LogP contribution in [0.1, 0.15) is 38.4 Å². The van der Waals surface area contributed by atoms with Gasteiger partial charge in [-0.2, -0.15) is 0 Å². The lowest BCUT2D eigenvalue weighted by Crippen LogP contribution is -2.30. The Morgan fingerprint density at radius 3 is 2.88 bits per heavy atom. The number of aryl methyl sites for hydroxylation is 1. The van der Waals surface area contributed by atoms with Gasteiger partial charge in [-0.1, -0.05) is 32.0 Å². The van der Waals surface area contributed by atoms with Gasteiger partial charge < -0.3 is 10.3 Å². The number of hydrogen-bond donors (Lipinski definition) is 2. The quantitative estimate of drug-likeness (QED) is 0.774. The van der Waals surface area contributed by atoms with Gasteiger partial charge in [0.05, 0.1) is 0 Å². The van der Waals surface area contributed by atoms with Crippen molar-refractivity contribution in [2.75, 3.05) is 5.32 Å². The van der Waals surface area contributed by atoms with Crippen LogP contribution < -0.4 is 5.32 Å². The van der Waals surface area contributed by atoms with Gasteiger partial charge in [0, 0.05) is 12.1 Å². The summed E-state index contributed by atoms with van der Waals surface area (Å²) in [6, 6.07) is 2.48. The highest BCUT2D eigenvalue weighted by atomic mass is 32.1. The van der Waals surface area contributed by atoms with Crippen LogP contribution in [-0.2, 0) is 0 Å². The summed E-state index contributed by atoms with van der Waals surface area (Å²) >= 11 is 5.11. The number of nitrogens with zero attached hydrogens (tertiary/aromatic N) is 1. The second kappa shape index (κ2) is 4.95. The van der Waals surface area contributed by atoms with Crippen LogP contribution in [0, 0.1) is 17.5 Å². The molecule has 1 fully saturated rings. The smallest absolute Gasteiger partial charge is 0.131 e. The van der Waals surface area contributed by atoms with E-state index in [9.17, 15) is 0 Å². The van der Waals surface area contributed by atoms with Gasteiger partial charge >= 0.3 is 0 Å². The molecule has 2 atom stereocenters. The van der Waals surface area contributed by atoms with Crippen LogP contribution >= 0.6 is 12.2 Å². The van der Waals surface area contributed by atoms with Gasteiger partial charge in [-0.25, -0.2) is 4.98 Å². The molecule has 3 nitrogen and oxygen atoms in total. The Morgan fingerprint density at radius 2 is 2.19 bits per heavy atom. The molecule has 1 aromatic rings. The fraction of sp³-hybridized carbons (Fsp3) is 0.667. The van der Waals surface area contributed by atoms with Crippen LogP contribution in [0.4, 0.5) is 5.82 Å². The van der Waals surface area contributed by atoms with Gasteiger partial charge in [0.2, 0.25) is 0 Å². The molecular formula is C12H19N3S. The highest BCUT2D eigenvalue weighted by Crippen LogP contribution is 2.26. The highest BCUT2D eigenvalue weighted by Gasteiger charge is 2.20. The Hall–Kier alpha value is -0.900. The molecule has 1 aromatic heterocycles. The first-order chi connectivity index (χ1) is 7.65. The van der Waals surface area contributed by atoms with Crippen molar-refractivity contribution in [3.63, 3.8) is 0 Å². The predicted octanol–water partition coefficient (Wildman–Crippen LogP) is 3.44. The van der Waals surface area contributed by atoms with Crippen molar-refractivity contribution in [1.29, 1.82) is 0 Å². The average molecular weight is 237 g/mol. The van der Waals surface area contributed by atoms with E-state index in [1.807, 2.05) is 13.0 Å². The second-order valence-corrected chi connectivity index (χ2v) is 5.15. The van der Waals surface area contributed by atoms with E-state index >= 15 is 0 Å². The zero-order valence-electron chi connectivity index (χ0n) is 9.92. The minimum absolute atomic E-state index is 0.571. The monoisotopic (exact) mass is 237 g/mol. The normalized spacial score (nSPS) is 25.4. The number of anilines is 1. The molecule has 1 saturated carbocycles. The van der Waals surface area contributed by atoms with Crippen molar-refractivity contribution >= 4 is 18.0 Å². The van der Waals surface area contributed by atoms with Crippen molar-refractivity contribution in [3.8, 4) is 0 Å². The minimum Gasteiger partial charge on any atom is -0.369 e. The minimum atomic E-state index is 0.571. The molecule has 4 heteroatoms. The van der Waals surface area contributed by atoms with Crippen LogP contribution in [0.3, 0.4) is 0 Å². The largest absolute Gasteiger partial charge is 0.369 e. The molecule has 1 heterocycles. The molecule has 0 aliphatic heterocycles. The molecule has 0 aromatic carbocycles. The van der Waals surface area contributed by atoms with E-state index in [-0.39, 0.29) is 0 Å². The van der Waals surface area contributed by atoms with Gasteiger partial charge in [0.25, 0.3) is 0 Å². The van der Waals surface area contributed by atoms with Crippen LogP contribution in [0.5, 0.6) is 0 Å². The van der Waals surface area contributed by atoms with Crippen molar-refractivity contribution < 1.29 is 0 Å². The Morgan fingerprint density at radius 1 is 1.44 bits per heavy atom. The molecule has 2 rings (SSSR count). The van der Waals surface area contributed by atoms with Crippen molar-refractivity contribution in [2.24, 2.45) is 5.92 Å². The molecular weight excluding hydrogens is 218 g/mol. The maximum absolute atomic E-state index is 5.11. The summed E-state index contributed by atoms with van der Waals surface area (Å²) in [4.78, 5) is 7.39. The van der Waals surface area contributed by atoms with E-state index in [0.29, 0.717) is 10.7 Å². The summed E-state index contributed by atoms with van der Waals surface area (Å²) < 4.78 is 0.655. The molecule has 0 amide bonds. The second-order valence-electron chi connectivity index (χ2n) is 4.73. The van der Waals surface area contributed by atoms with Gasteiger partial charge in [0.15, 0.2) is 0 Å². The summed E-state index contributed by atoms with van der Waals surface area (Å²) in [5.41, 5.74) is 0. The van der Waals surface area contributed by atoms with Crippen LogP contribution in [0.2, 0.25) is 0 Å². The predicted molar refractivity (Wildman–Crippen MR) is 69.2 cm³/mol. The third-order valence-electron chi connectivity index (χ3n) is 3.31. The Labute approximate surface area is 102 Å². The van der Waals surface area contributed by atoms with Crippen LogP contribution in [0.15, 0.2) is 6.07 Å². The number of hydrogen-bond acceptors (Lipinski definition) is 3. The van der Waals surface area contributed by atoms with Gasteiger partial charge in [-0.15, -0.1) is 0 Å². The van der Waals surface area contributed by atoms with E-state index < -0.39 is 0 Å². The van der Waals surface area contributed by atoms with E-state index in [1.54, 1.807) is 0 Å². The molecule has 0 bridgehead atoms. The van der Waals surface area contributed by atoms with Gasteiger partial charge in [-0.05, 0) is 25.7 Å². The van der Waals surface area contributed by atoms with Crippen LogP contribution in [0.25, 0.3) is 0 Å². The lowest BCUT2D eigenvalue weighted by Gasteiger charge is -2.30. The highest BCUT2D eigenvalue weighted by molar-refractivity contribution is 7.71. The number of rotatable bonds is 2. The lowest BCUT2D eigenvalue weighted by molar-refractivity contribution is 0.349. The van der Waals surface area contributed by atoms with Crippen LogP contribution in [-0.4, -0.2) is 16.0 Å². The summed E-state index contributed by atoms with van der Waals surface area (Å²) in [6.45, 7) is 4.25. The zero-order chi connectivity index (χ0) is 11.5. The molecule has 0 radical (unpaired) electrons. The summed E-state index contributed by atoms with van der Waals surface area (Å²) in [7, 11) is 0. The van der Waals surface area contributed by atoms with Crippen molar-refractivity contribution in [1.82, 2.24) is 9.97 Å². The molecule has 16 heavy (non-hydrogen) atoms. The Balaban J connectivity index is 2.10. The van der Waals surface area contributed by atoms with Crippen molar-refractivity contribution in [2.45, 2.75) is 45.6 Å².